The maximum Gasteiger partial charge on any atom is 0.269 e. The molecule has 0 heterocycles. The Morgan fingerprint density at radius 3 is 2.35 bits per heavy atom. The van der Waals surface area contributed by atoms with Crippen molar-refractivity contribution in [1.29, 1.82) is 0 Å². The van der Waals surface area contributed by atoms with Crippen molar-refractivity contribution >= 4 is 29.2 Å². The van der Waals surface area contributed by atoms with E-state index in [4.69, 9.17) is 16.3 Å². The summed E-state index contributed by atoms with van der Waals surface area (Å²) in [5, 5.41) is 0.421. The molecule has 0 spiro atoms. The molecule has 0 unspecified atom stereocenters. The van der Waals surface area contributed by atoms with E-state index >= 15 is 0 Å². The molecule has 0 fully saturated rings. The van der Waals surface area contributed by atoms with Crippen molar-refractivity contribution < 1.29 is 19.1 Å². The third-order valence-corrected chi connectivity index (χ3v) is 3.70. The van der Waals surface area contributed by atoms with Crippen LogP contribution in [0.15, 0.2) is 48.5 Å². The topological polar surface area (TPSA) is 84.5 Å². The van der Waals surface area contributed by atoms with Crippen LogP contribution in [0.1, 0.15) is 40.5 Å². The molecule has 2 aromatic carbocycles. The summed E-state index contributed by atoms with van der Waals surface area (Å²) in [6, 6.07) is 13.1. The van der Waals surface area contributed by atoms with Crippen molar-refractivity contribution in [2.45, 2.75) is 19.8 Å². The molecule has 0 aliphatic carbocycles. The van der Waals surface area contributed by atoms with E-state index in [2.05, 4.69) is 10.9 Å². The van der Waals surface area contributed by atoms with Gasteiger partial charge in [-0.15, -0.1) is 0 Å². The van der Waals surface area contributed by atoms with E-state index in [0.29, 0.717) is 28.5 Å². The molecule has 7 heteroatoms. The minimum absolute atomic E-state index is 0.0346. The van der Waals surface area contributed by atoms with Gasteiger partial charge in [0.2, 0.25) is 5.91 Å². The van der Waals surface area contributed by atoms with Gasteiger partial charge in [-0.2, -0.15) is 0 Å². The van der Waals surface area contributed by atoms with E-state index in [1.54, 1.807) is 42.5 Å². The number of hydrazine groups is 1. The van der Waals surface area contributed by atoms with Crippen molar-refractivity contribution in [3.05, 3.63) is 64.7 Å². The molecule has 2 aromatic rings. The predicted octanol–water partition coefficient (Wildman–Crippen LogP) is 3.16. The first-order valence-corrected chi connectivity index (χ1v) is 8.48. The van der Waals surface area contributed by atoms with Crippen LogP contribution < -0.4 is 15.6 Å². The summed E-state index contributed by atoms with van der Waals surface area (Å²) in [4.78, 5) is 35.8. The number of carbonyl (C=O) groups excluding carboxylic acids is 3. The number of halogens is 1. The van der Waals surface area contributed by atoms with Gasteiger partial charge in [-0.05, 0) is 49.4 Å². The van der Waals surface area contributed by atoms with Gasteiger partial charge in [0.15, 0.2) is 5.78 Å². The number of amides is 2. The van der Waals surface area contributed by atoms with E-state index < -0.39 is 11.8 Å². The summed E-state index contributed by atoms with van der Waals surface area (Å²) in [5.74, 6) is -0.423. The molecule has 0 aromatic heterocycles. The number of rotatable bonds is 7. The molecule has 0 saturated heterocycles. The maximum atomic E-state index is 12.1. The lowest BCUT2D eigenvalue weighted by atomic mass is 10.1. The van der Waals surface area contributed by atoms with Crippen LogP contribution in [0.4, 0.5) is 0 Å². The molecule has 136 valence electrons. The molecule has 0 atom stereocenters. The number of ether oxygens (including phenoxy) is 1. The van der Waals surface area contributed by atoms with Gasteiger partial charge in [-0.3, -0.25) is 25.2 Å². The summed E-state index contributed by atoms with van der Waals surface area (Å²) in [7, 11) is 0. The van der Waals surface area contributed by atoms with Gasteiger partial charge in [0.25, 0.3) is 5.91 Å². The number of Topliss-reactive ketones (excluding diaryl/α,β-unsaturated/α-hetero) is 1. The highest BCUT2D eigenvalue weighted by Gasteiger charge is 2.11. The summed E-state index contributed by atoms with van der Waals surface area (Å²) in [6.07, 6.45) is -0.00524. The van der Waals surface area contributed by atoms with Gasteiger partial charge >= 0.3 is 0 Å². The van der Waals surface area contributed by atoms with Gasteiger partial charge in [-0.1, -0.05) is 17.7 Å². The number of hydrogen-bond donors (Lipinski definition) is 2. The van der Waals surface area contributed by atoms with E-state index in [1.165, 1.54) is 6.07 Å². The minimum Gasteiger partial charge on any atom is -0.494 e. The summed E-state index contributed by atoms with van der Waals surface area (Å²) in [6.45, 7) is 2.43. The van der Waals surface area contributed by atoms with Gasteiger partial charge in [0.05, 0.1) is 6.61 Å². The van der Waals surface area contributed by atoms with Gasteiger partial charge in [-0.25, -0.2) is 0 Å². The van der Waals surface area contributed by atoms with Crippen molar-refractivity contribution in [2.75, 3.05) is 6.61 Å². The van der Waals surface area contributed by atoms with Crippen LogP contribution in [0.5, 0.6) is 5.75 Å². The quantitative estimate of drug-likeness (QED) is 0.576. The van der Waals surface area contributed by atoms with Crippen LogP contribution >= 0.6 is 11.6 Å². The van der Waals surface area contributed by atoms with Crippen LogP contribution in [-0.2, 0) is 4.79 Å². The molecule has 0 aliphatic rings. The van der Waals surface area contributed by atoms with E-state index in [0.717, 1.165) is 0 Å². The Labute approximate surface area is 156 Å². The highest BCUT2D eigenvalue weighted by Crippen LogP contribution is 2.14. The third-order valence-electron chi connectivity index (χ3n) is 3.47. The first-order valence-electron chi connectivity index (χ1n) is 8.10. The molecule has 0 radical (unpaired) electrons. The summed E-state index contributed by atoms with van der Waals surface area (Å²) in [5.41, 5.74) is 5.39. The Balaban J connectivity index is 1.77. The average Bonchev–Trinajstić information content (AvgIpc) is 2.65. The van der Waals surface area contributed by atoms with Crippen LogP contribution in [0, 0.1) is 0 Å². The zero-order valence-corrected chi connectivity index (χ0v) is 15.0. The van der Waals surface area contributed by atoms with Gasteiger partial charge in [0, 0.05) is 29.0 Å². The fourth-order valence-corrected chi connectivity index (χ4v) is 2.36. The number of carbonyl (C=O) groups is 3. The van der Waals surface area contributed by atoms with Gasteiger partial charge in [0.1, 0.15) is 5.75 Å². The molecule has 2 rings (SSSR count). The Bertz CT molecular complexity index is 790. The second kappa shape index (κ2) is 9.58. The van der Waals surface area contributed by atoms with Crippen LogP contribution in [0.3, 0.4) is 0 Å². The second-order valence-electron chi connectivity index (χ2n) is 5.39. The van der Waals surface area contributed by atoms with Crippen LogP contribution in [0.25, 0.3) is 0 Å². The summed E-state index contributed by atoms with van der Waals surface area (Å²) >= 11 is 5.81. The number of ketones is 1. The molecular formula is C19H19ClN2O4. The first-order chi connectivity index (χ1) is 12.5. The van der Waals surface area contributed by atoms with E-state index in [1.807, 2.05) is 6.92 Å². The zero-order chi connectivity index (χ0) is 18.9. The van der Waals surface area contributed by atoms with Crippen molar-refractivity contribution in [3.63, 3.8) is 0 Å². The number of nitrogens with one attached hydrogen (secondary N) is 2. The lowest BCUT2D eigenvalue weighted by Gasteiger charge is -2.08. The zero-order valence-electron chi connectivity index (χ0n) is 14.3. The molecule has 0 bridgehead atoms. The second-order valence-corrected chi connectivity index (χ2v) is 5.83. The fourth-order valence-electron chi connectivity index (χ4n) is 2.17. The monoisotopic (exact) mass is 374 g/mol. The first kappa shape index (κ1) is 19.5. The summed E-state index contributed by atoms with van der Waals surface area (Å²) < 4.78 is 5.31. The molecule has 0 saturated carbocycles. The standard InChI is InChI=1S/C19H19ClN2O4/c1-2-26-16-8-6-13(7-9-16)17(23)10-11-18(24)21-22-19(25)14-4-3-5-15(20)12-14/h3-9,12H,2,10-11H2,1H3,(H,21,24)(H,22,25). The van der Waals surface area contributed by atoms with E-state index in [-0.39, 0.29) is 18.6 Å². The highest BCUT2D eigenvalue weighted by atomic mass is 35.5. The van der Waals surface area contributed by atoms with Crippen molar-refractivity contribution in [3.8, 4) is 5.75 Å². The Morgan fingerprint density at radius 1 is 0.962 bits per heavy atom. The molecular weight excluding hydrogens is 356 g/mol. The SMILES string of the molecule is CCOc1ccc(C(=O)CCC(=O)NNC(=O)c2cccc(Cl)c2)cc1. The Kier molecular flexibility index (Phi) is 7.17. The van der Waals surface area contributed by atoms with E-state index in [9.17, 15) is 14.4 Å². The fraction of sp³-hybridized carbons (Fsp3) is 0.211. The largest absolute Gasteiger partial charge is 0.494 e. The number of hydrogen-bond acceptors (Lipinski definition) is 4. The Morgan fingerprint density at radius 2 is 1.69 bits per heavy atom. The lowest BCUT2D eigenvalue weighted by Crippen LogP contribution is -2.41. The lowest BCUT2D eigenvalue weighted by molar-refractivity contribution is -0.121. The normalized spacial score (nSPS) is 10.1. The van der Waals surface area contributed by atoms with Crippen LogP contribution in [0.2, 0.25) is 5.02 Å². The molecule has 0 aliphatic heterocycles. The van der Waals surface area contributed by atoms with Crippen molar-refractivity contribution in [1.82, 2.24) is 10.9 Å². The minimum atomic E-state index is -0.487. The van der Waals surface area contributed by atoms with Crippen molar-refractivity contribution in [2.24, 2.45) is 0 Å². The highest BCUT2D eigenvalue weighted by molar-refractivity contribution is 6.30. The molecule has 6 nitrogen and oxygen atoms in total. The molecule has 26 heavy (non-hydrogen) atoms. The molecule has 2 N–H and O–H groups in total. The Hall–Kier alpha value is -2.86. The maximum absolute atomic E-state index is 12.1. The third kappa shape index (κ3) is 5.89. The number of benzene rings is 2. The average molecular weight is 375 g/mol. The smallest absolute Gasteiger partial charge is 0.269 e. The van der Waals surface area contributed by atoms with Crippen LogP contribution in [-0.4, -0.2) is 24.2 Å². The van der Waals surface area contributed by atoms with Gasteiger partial charge < -0.3 is 4.74 Å². The molecule has 2 amide bonds. The predicted molar refractivity (Wildman–Crippen MR) is 98.2 cm³/mol.